The molecule has 1 unspecified atom stereocenters. The molecule has 1 fully saturated rings. The molecule has 31 heavy (non-hydrogen) atoms. The molecular weight excluding hydrogens is 414 g/mol. The SMILES string of the molecule is CCOc1ccc(-c2noc(CCC(=O)N(Cc3cccs3)CC3CCCO3)n2)cc1. The lowest BCUT2D eigenvalue weighted by Gasteiger charge is -2.25. The van der Waals surface area contributed by atoms with Crippen LogP contribution in [-0.2, 0) is 22.5 Å². The first kappa shape index (κ1) is 21.5. The van der Waals surface area contributed by atoms with Crippen LogP contribution >= 0.6 is 11.3 Å². The molecule has 7 nitrogen and oxygen atoms in total. The molecule has 164 valence electrons. The lowest BCUT2D eigenvalue weighted by Crippen LogP contribution is -2.36. The average Bonchev–Trinajstić information content (AvgIpc) is 3.55. The number of amides is 1. The number of carbonyl (C=O) groups is 1. The molecule has 4 rings (SSSR count). The lowest BCUT2D eigenvalue weighted by molar-refractivity contribution is -0.133. The minimum Gasteiger partial charge on any atom is -0.494 e. The number of aryl methyl sites for hydroxylation is 1. The summed E-state index contributed by atoms with van der Waals surface area (Å²) in [5.41, 5.74) is 0.850. The van der Waals surface area contributed by atoms with Crippen LogP contribution in [0.25, 0.3) is 11.4 Å². The molecule has 8 heteroatoms. The zero-order valence-electron chi connectivity index (χ0n) is 17.7. The Morgan fingerprint density at radius 1 is 1.29 bits per heavy atom. The summed E-state index contributed by atoms with van der Waals surface area (Å²) >= 11 is 1.66. The fourth-order valence-corrected chi connectivity index (χ4v) is 4.31. The van der Waals surface area contributed by atoms with Gasteiger partial charge in [0.15, 0.2) is 0 Å². The fourth-order valence-electron chi connectivity index (χ4n) is 3.59. The van der Waals surface area contributed by atoms with Crippen molar-refractivity contribution in [2.75, 3.05) is 19.8 Å². The van der Waals surface area contributed by atoms with Gasteiger partial charge in [0.05, 0.1) is 19.3 Å². The van der Waals surface area contributed by atoms with Crippen LogP contribution < -0.4 is 4.74 Å². The topological polar surface area (TPSA) is 77.7 Å². The van der Waals surface area contributed by atoms with E-state index in [0.29, 0.717) is 44.3 Å². The van der Waals surface area contributed by atoms with Crippen LogP contribution in [0.1, 0.15) is 37.0 Å². The Hall–Kier alpha value is -2.71. The van der Waals surface area contributed by atoms with Gasteiger partial charge in [0.25, 0.3) is 0 Å². The maximum absolute atomic E-state index is 13.0. The Kier molecular flexibility index (Phi) is 7.32. The zero-order chi connectivity index (χ0) is 21.5. The van der Waals surface area contributed by atoms with Gasteiger partial charge >= 0.3 is 0 Å². The molecular formula is C23H27N3O4S. The predicted molar refractivity (Wildman–Crippen MR) is 118 cm³/mol. The summed E-state index contributed by atoms with van der Waals surface area (Å²) in [6.07, 6.45) is 2.92. The molecule has 0 spiro atoms. The molecule has 1 aliphatic rings. The highest BCUT2D eigenvalue weighted by atomic mass is 32.1. The highest BCUT2D eigenvalue weighted by Gasteiger charge is 2.23. The summed E-state index contributed by atoms with van der Waals surface area (Å²) in [5.74, 6) is 1.85. The van der Waals surface area contributed by atoms with Gasteiger partial charge in [0.1, 0.15) is 5.75 Å². The van der Waals surface area contributed by atoms with Gasteiger partial charge < -0.3 is 18.9 Å². The van der Waals surface area contributed by atoms with Crippen LogP contribution in [-0.4, -0.2) is 46.8 Å². The summed E-state index contributed by atoms with van der Waals surface area (Å²) in [4.78, 5) is 20.5. The van der Waals surface area contributed by atoms with E-state index in [-0.39, 0.29) is 12.0 Å². The largest absolute Gasteiger partial charge is 0.494 e. The number of rotatable bonds is 10. The van der Waals surface area contributed by atoms with E-state index in [9.17, 15) is 4.79 Å². The summed E-state index contributed by atoms with van der Waals surface area (Å²) in [6, 6.07) is 11.6. The first-order chi connectivity index (χ1) is 15.2. The van der Waals surface area contributed by atoms with E-state index in [0.717, 1.165) is 30.8 Å². The van der Waals surface area contributed by atoms with E-state index in [4.69, 9.17) is 14.0 Å². The van der Waals surface area contributed by atoms with Gasteiger partial charge in [-0.2, -0.15) is 4.98 Å². The van der Waals surface area contributed by atoms with Gasteiger partial charge in [-0.3, -0.25) is 4.79 Å². The van der Waals surface area contributed by atoms with E-state index in [1.54, 1.807) is 11.3 Å². The molecule has 1 saturated heterocycles. The van der Waals surface area contributed by atoms with E-state index >= 15 is 0 Å². The second-order valence-corrected chi connectivity index (χ2v) is 8.49. The third kappa shape index (κ3) is 5.92. The van der Waals surface area contributed by atoms with Gasteiger partial charge in [-0.15, -0.1) is 11.3 Å². The summed E-state index contributed by atoms with van der Waals surface area (Å²) in [7, 11) is 0. The number of nitrogens with zero attached hydrogens (tertiary/aromatic N) is 3. The Labute approximate surface area is 186 Å². The number of carbonyl (C=O) groups excluding carboxylic acids is 1. The molecule has 1 aliphatic heterocycles. The van der Waals surface area contributed by atoms with Crippen molar-refractivity contribution < 1.29 is 18.8 Å². The van der Waals surface area contributed by atoms with Crippen LogP contribution in [0.2, 0.25) is 0 Å². The minimum atomic E-state index is 0.0738. The zero-order valence-corrected chi connectivity index (χ0v) is 18.5. The maximum Gasteiger partial charge on any atom is 0.227 e. The second kappa shape index (κ2) is 10.5. The predicted octanol–water partition coefficient (Wildman–Crippen LogP) is 4.34. The van der Waals surface area contributed by atoms with Crippen LogP contribution in [0.15, 0.2) is 46.3 Å². The molecule has 0 saturated carbocycles. The third-order valence-corrected chi connectivity index (χ3v) is 6.03. The first-order valence-corrected chi connectivity index (χ1v) is 11.6. The smallest absolute Gasteiger partial charge is 0.227 e. The van der Waals surface area contributed by atoms with Gasteiger partial charge in [-0.1, -0.05) is 11.2 Å². The van der Waals surface area contributed by atoms with E-state index in [1.165, 1.54) is 4.88 Å². The van der Waals surface area contributed by atoms with Crippen molar-refractivity contribution >= 4 is 17.2 Å². The quantitative estimate of drug-likeness (QED) is 0.466. The molecule has 3 heterocycles. The van der Waals surface area contributed by atoms with Crippen molar-refractivity contribution in [1.29, 1.82) is 0 Å². The molecule has 1 amide bonds. The Bertz CT molecular complexity index is 950. The van der Waals surface area contributed by atoms with Crippen LogP contribution in [0, 0.1) is 0 Å². The van der Waals surface area contributed by atoms with Crippen LogP contribution in [0.3, 0.4) is 0 Å². The lowest BCUT2D eigenvalue weighted by atomic mass is 10.2. The Morgan fingerprint density at radius 3 is 2.87 bits per heavy atom. The number of aromatic nitrogens is 2. The molecule has 0 aliphatic carbocycles. The first-order valence-electron chi connectivity index (χ1n) is 10.7. The maximum atomic E-state index is 13.0. The van der Waals surface area contributed by atoms with Crippen LogP contribution in [0.5, 0.6) is 5.75 Å². The standard InChI is InChI=1S/C23H27N3O4S/c1-2-28-18-9-7-17(8-10-18)23-24-21(30-25-23)11-12-22(27)26(15-19-5-3-13-29-19)16-20-6-4-14-31-20/h4,6-10,14,19H,2-3,5,11-13,15-16H2,1H3. The highest BCUT2D eigenvalue weighted by Crippen LogP contribution is 2.21. The molecule has 0 N–H and O–H groups in total. The van der Waals surface area contributed by atoms with Crippen LogP contribution in [0.4, 0.5) is 0 Å². The number of benzene rings is 1. The van der Waals surface area contributed by atoms with Crippen molar-refractivity contribution in [2.45, 2.75) is 45.3 Å². The average molecular weight is 442 g/mol. The summed E-state index contributed by atoms with van der Waals surface area (Å²) in [6.45, 7) is 4.58. The highest BCUT2D eigenvalue weighted by molar-refractivity contribution is 7.09. The van der Waals surface area contributed by atoms with Gasteiger partial charge in [0, 0.05) is 36.4 Å². The Morgan fingerprint density at radius 2 is 2.16 bits per heavy atom. The molecule has 3 aromatic rings. The van der Waals surface area contributed by atoms with E-state index in [2.05, 4.69) is 16.2 Å². The van der Waals surface area contributed by atoms with Crippen molar-refractivity contribution in [1.82, 2.24) is 15.0 Å². The van der Waals surface area contributed by atoms with Gasteiger partial charge in [-0.05, 0) is 55.5 Å². The number of hydrogen-bond donors (Lipinski definition) is 0. The molecule has 2 aromatic heterocycles. The second-order valence-electron chi connectivity index (χ2n) is 7.46. The van der Waals surface area contributed by atoms with Crippen molar-refractivity contribution in [3.05, 3.63) is 52.5 Å². The van der Waals surface area contributed by atoms with E-state index in [1.807, 2.05) is 47.5 Å². The number of hydrogen-bond acceptors (Lipinski definition) is 7. The Balaban J connectivity index is 1.35. The normalized spacial score (nSPS) is 15.8. The minimum absolute atomic E-state index is 0.0738. The molecule has 0 bridgehead atoms. The van der Waals surface area contributed by atoms with Gasteiger partial charge in [0.2, 0.25) is 17.6 Å². The number of ether oxygens (including phenoxy) is 2. The monoisotopic (exact) mass is 441 g/mol. The number of thiophene rings is 1. The van der Waals surface area contributed by atoms with Gasteiger partial charge in [-0.25, -0.2) is 0 Å². The fraction of sp³-hybridized carbons (Fsp3) is 0.435. The summed E-state index contributed by atoms with van der Waals surface area (Å²) in [5, 5.41) is 6.09. The molecule has 1 aromatic carbocycles. The third-order valence-electron chi connectivity index (χ3n) is 5.17. The van der Waals surface area contributed by atoms with Crippen molar-refractivity contribution in [2.24, 2.45) is 0 Å². The molecule has 0 radical (unpaired) electrons. The van der Waals surface area contributed by atoms with Crippen molar-refractivity contribution in [3.63, 3.8) is 0 Å². The van der Waals surface area contributed by atoms with E-state index < -0.39 is 0 Å². The summed E-state index contributed by atoms with van der Waals surface area (Å²) < 4.78 is 16.6. The molecule has 1 atom stereocenters. The van der Waals surface area contributed by atoms with Crippen molar-refractivity contribution in [3.8, 4) is 17.1 Å².